The van der Waals surface area contributed by atoms with Crippen molar-refractivity contribution >= 4 is 26.9 Å². The van der Waals surface area contributed by atoms with E-state index >= 15 is 0 Å². The third-order valence-electron chi connectivity index (χ3n) is 3.90. The Morgan fingerprint density at radius 3 is 2.12 bits per heavy atom. The molecule has 0 bridgehead atoms. The smallest absolute Gasteiger partial charge is 0.332 e. The van der Waals surface area contributed by atoms with Gasteiger partial charge in [-0.1, -0.05) is 13.8 Å². The Morgan fingerprint density at radius 1 is 1.08 bits per heavy atom. The first kappa shape index (κ1) is 17.9. The average Bonchev–Trinajstić information content (AvgIpc) is 2.50. The predicted molar refractivity (Wildman–Crippen MR) is 89.6 cm³/mol. The first-order valence-electron chi connectivity index (χ1n) is 7.21. The molecular weight excluding hydrogens is 338 g/mol. The number of pyridine rings is 1. The maximum Gasteiger partial charge on any atom is 0.332 e. The molecule has 0 aliphatic carbocycles. The summed E-state index contributed by atoms with van der Waals surface area (Å²) in [6, 6.07) is 0. The van der Waals surface area contributed by atoms with Gasteiger partial charge in [0.1, 0.15) is 16.9 Å². The topological polar surface area (TPSA) is 140 Å². The number of fused-ring (bicyclic) bond motifs is 1. The lowest BCUT2D eigenvalue weighted by Gasteiger charge is -2.19. The van der Waals surface area contributed by atoms with Crippen LogP contribution in [0.15, 0.2) is 19.3 Å². The lowest BCUT2D eigenvalue weighted by Crippen LogP contribution is -2.41. The Kier molecular flexibility index (Phi) is 4.42. The molecule has 0 amide bonds. The molecule has 11 heteroatoms. The number of nitrogens with zero attached hydrogens (tertiary/aromatic N) is 3. The molecule has 0 saturated heterocycles. The normalized spacial score (nSPS) is 12.2. The molecule has 2 heterocycles. The number of nitrogens with two attached hydrogens (primary N) is 1. The zero-order valence-electron chi connectivity index (χ0n) is 13.8. The molecule has 0 spiro atoms. The fourth-order valence-corrected chi connectivity index (χ4v) is 4.17. The van der Waals surface area contributed by atoms with Gasteiger partial charge in [0.15, 0.2) is 4.90 Å². The molecule has 10 nitrogen and oxygen atoms in total. The van der Waals surface area contributed by atoms with E-state index < -0.39 is 42.8 Å². The number of hydrogen-bond donors (Lipinski definition) is 2. The van der Waals surface area contributed by atoms with Crippen LogP contribution < -0.4 is 22.4 Å². The maximum absolute atomic E-state index is 12.7. The lowest BCUT2D eigenvalue weighted by molar-refractivity contribution is 0.445. The van der Waals surface area contributed by atoms with Crippen LogP contribution >= 0.6 is 0 Å². The van der Waals surface area contributed by atoms with Gasteiger partial charge in [0.25, 0.3) is 15.6 Å². The van der Waals surface area contributed by atoms with Crippen molar-refractivity contribution in [3.05, 3.63) is 31.1 Å². The highest BCUT2D eigenvalue weighted by Gasteiger charge is 2.30. The van der Waals surface area contributed by atoms with Crippen molar-refractivity contribution in [1.82, 2.24) is 18.4 Å². The first-order chi connectivity index (χ1) is 11.1. The van der Waals surface area contributed by atoms with Crippen molar-refractivity contribution in [1.29, 1.82) is 0 Å². The molecule has 2 rings (SSSR count). The van der Waals surface area contributed by atoms with Crippen molar-refractivity contribution in [3.8, 4) is 0 Å². The average molecular weight is 357 g/mol. The van der Waals surface area contributed by atoms with Gasteiger partial charge in [0.05, 0.1) is 0 Å². The summed E-state index contributed by atoms with van der Waals surface area (Å²) in [4.78, 5) is 38.8. The zero-order chi connectivity index (χ0) is 18.4. The Labute approximate surface area is 137 Å². The molecule has 24 heavy (non-hydrogen) atoms. The second-order valence-electron chi connectivity index (χ2n) is 5.22. The third kappa shape index (κ3) is 2.36. The Hall–Kier alpha value is -2.40. The quantitative estimate of drug-likeness (QED) is 0.685. The van der Waals surface area contributed by atoms with Crippen LogP contribution in [0.4, 0.5) is 5.82 Å². The van der Waals surface area contributed by atoms with Gasteiger partial charge in [-0.25, -0.2) is 13.2 Å². The molecule has 0 radical (unpaired) electrons. The number of aryl methyl sites for hydroxylation is 1. The molecule has 0 fully saturated rings. The van der Waals surface area contributed by atoms with Crippen molar-refractivity contribution in [2.24, 2.45) is 14.1 Å². The number of sulfonamides is 1. The van der Waals surface area contributed by atoms with Crippen LogP contribution in [0.25, 0.3) is 11.0 Å². The molecule has 0 aliphatic heterocycles. The number of nitrogen functional groups attached to an aromatic ring is 1. The number of rotatable bonds is 4. The number of H-pyrrole nitrogens is 1. The van der Waals surface area contributed by atoms with E-state index in [0.717, 1.165) is 13.4 Å². The van der Waals surface area contributed by atoms with Crippen LogP contribution in [-0.4, -0.2) is 39.9 Å². The van der Waals surface area contributed by atoms with E-state index in [1.807, 2.05) is 0 Å². The van der Waals surface area contributed by atoms with Crippen LogP contribution in [-0.2, 0) is 24.1 Å². The second kappa shape index (κ2) is 5.91. The van der Waals surface area contributed by atoms with Crippen molar-refractivity contribution < 1.29 is 8.42 Å². The molecular formula is C13H19N5O5S. The molecule has 0 saturated carbocycles. The first-order valence-corrected chi connectivity index (χ1v) is 8.65. The molecule has 2 aromatic heterocycles. The number of aromatic nitrogens is 3. The van der Waals surface area contributed by atoms with Gasteiger partial charge in [-0.15, -0.1) is 0 Å². The standard InChI is InChI=1S/C13H19N5O5S/c1-5-18(6-2)24(22,23)9-8(19)7-11(15-10(9)14)16(3)13(21)17(4)12(7)20/h5-6H2,1-4H3,(H3,14,15,19). The van der Waals surface area contributed by atoms with Crippen LogP contribution in [0.2, 0.25) is 0 Å². The number of aromatic amines is 1. The van der Waals surface area contributed by atoms with E-state index in [9.17, 15) is 22.8 Å². The molecule has 2 aromatic rings. The van der Waals surface area contributed by atoms with E-state index in [-0.39, 0.29) is 18.7 Å². The van der Waals surface area contributed by atoms with Crippen LogP contribution in [0.1, 0.15) is 13.8 Å². The molecule has 3 N–H and O–H groups in total. The van der Waals surface area contributed by atoms with Crippen LogP contribution in [0.3, 0.4) is 0 Å². The van der Waals surface area contributed by atoms with E-state index in [1.165, 1.54) is 14.1 Å². The Balaban J connectivity index is 3.09. The highest BCUT2D eigenvalue weighted by Crippen LogP contribution is 2.18. The fraction of sp³-hybridized carbons (Fsp3) is 0.462. The lowest BCUT2D eigenvalue weighted by atomic mass is 10.3. The fourth-order valence-electron chi connectivity index (χ4n) is 2.56. The Morgan fingerprint density at radius 2 is 1.62 bits per heavy atom. The highest BCUT2D eigenvalue weighted by molar-refractivity contribution is 7.89. The largest absolute Gasteiger partial charge is 0.384 e. The number of hydrogen-bond acceptors (Lipinski definition) is 6. The molecule has 0 aromatic carbocycles. The van der Waals surface area contributed by atoms with E-state index in [1.54, 1.807) is 13.8 Å². The van der Waals surface area contributed by atoms with Crippen molar-refractivity contribution in [2.75, 3.05) is 18.8 Å². The summed E-state index contributed by atoms with van der Waals surface area (Å²) in [6.45, 7) is 3.52. The summed E-state index contributed by atoms with van der Waals surface area (Å²) in [6.07, 6.45) is 0. The number of anilines is 1. The summed E-state index contributed by atoms with van der Waals surface area (Å²) in [7, 11) is -1.63. The van der Waals surface area contributed by atoms with Crippen LogP contribution in [0, 0.1) is 0 Å². The minimum Gasteiger partial charge on any atom is -0.384 e. The van der Waals surface area contributed by atoms with E-state index in [4.69, 9.17) is 5.73 Å². The van der Waals surface area contributed by atoms with E-state index in [2.05, 4.69) is 4.98 Å². The van der Waals surface area contributed by atoms with Gasteiger partial charge in [-0.05, 0) is 0 Å². The van der Waals surface area contributed by atoms with Gasteiger partial charge in [0.2, 0.25) is 5.43 Å². The highest BCUT2D eigenvalue weighted by atomic mass is 32.2. The van der Waals surface area contributed by atoms with Gasteiger partial charge < -0.3 is 10.7 Å². The minimum atomic E-state index is -4.18. The molecule has 0 unspecified atom stereocenters. The van der Waals surface area contributed by atoms with Gasteiger partial charge in [-0.3, -0.25) is 18.7 Å². The van der Waals surface area contributed by atoms with Crippen molar-refractivity contribution in [3.63, 3.8) is 0 Å². The zero-order valence-corrected chi connectivity index (χ0v) is 14.6. The molecule has 0 aliphatic rings. The third-order valence-corrected chi connectivity index (χ3v) is 6.02. The summed E-state index contributed by atoms with van der Waals surface area (Å²) in [5, 5.41) is -0.431. The summed E-state index contributed by atoms with van der Waals surface area (Å²) in [5.74, 6) is -0.414. The van der Waals surface area contributed by atoms with E-state index in [0.29, 0.717) is 0 Å². The van der Waals surface area contributed by atoms with Gasteiger partial charge in [0, 0.05) is 27.2 Å². The van der Waals surface area contributed by atoms with Crippen LogP contribution in [0.5, 0.6) is 0 Å². The second-order valence-corrected chi connectivity index (χ2v) is 7.09. The summed E-state index contributed by atoms with van der Waals surface area (Å²) in [5.41, 5.74) is 3.05. The van der Waals surface area contributed by atoms with Gasteiger partial charge in [-0.2, -0.15) is 4.31 Å². The van der Waals surface area contributed by atoms with Crippen molar-refractivity contribution in [2.45, 2.75) is 18.7 Å². The molecule has 0 atom stereocenters. The summed E-state index contributed by atoms with van der Waals surface area (Å²) < 4.78 is 28.2. The van der Waals surface area contributed by atoms with Gasteiger partial charge >= 0.3 is 5.69 Å². The minimum absolute atomic E-state index is 0.121. The summed E-state index contributed by atoms with van der Waals surface area (Å²) >= 11 is 0. The monoisotopic (exact) mass is 357 g/mol. The maximum atomic E-state index is 12.7. The molecule has 132 valence electrons. The SMILES string of the molecule is CCN(CC)S(=O)(=O)c1c(N)[nH]c2c(c1=O)c(=O)n(C)c(=O)n2C. The Bertz CT molecular complexity index is 1090. The predicted octanol–water partition coefficient (Wildman–Crippen LogP) is -1.46. The number of nitrogens with one attached hydrogen (secondary N) is 1.